The Hall–Kier alpha value is -1.48. The Morgan fingerprint density at radius 1 is 1.23 bits per heavy atom. The van der Waals surface area contributed by atoms with E-state index in [1.807, 2.05) is 6.07 Å². The van der Waals surface area contributed by atoms with Crippen molar-refractivity contribution in [2.75, 3.05) is 38.2 Å². The van der Waals surface area contributed by atoms with E-state index in [1.165, 1.54) is 22.6 Å². The molecular formula is C19H22ClIN4O5S. The number of carbonyl (C=O) groups excluding carboxylic acids is 1. The molecule has 31 heavy (non-hydrogen) atoms. The van der Waals surface area contributed by atoms with Gasteiger partial charge in [0.05, 0.1) is 40.1 Å². The number of nitrogens with one attached hydrogen (secondary N) is 2. The van der Waals surface area contributed by atoms with Crippen LogP contribution in [0.3, 0.4) is 0 Å². The Balaban J connectivity index is 2.03. The molecule has 1 aliphatic heterocycles. The minimum Gasteiger partial charge on any atom is -0.379 e. The summed E-state index contributed by atoms with van der Waals surface area (Å²) in [6.07, 6.45) is 0. The van der Waals surface area contributed by atoms with Gasteiger partial charge in [0.25, 0.3) is 15.9 Å². The van der Waals surface area contributed by atoms with Gasteiger partial charge in [-0.1, -0.05) is 11.6 Å². The van der Waals surface area contributed by atoms with Crippen molar-refractivity contribution in [3.05, 3.63) is 50.6 Å². The van der Waals surface area contributed by atoms with Gasteiger partial charge >= 0.3 is 0 Å². The van der Waals surface area contributed by atoms with Crippen molar-refractivity contribution in [2.24, 2.45) is 0 Å². The van der Waals surface area contributed by atoms with Gasteiger partial charge in [-0.15, -0.1) is 4.41 Å². The molecule has 0 spiro atoms. The SMILES string of the molecule is CCN(N1CCOCC1)S(=O)(=O)c1ccc(C(=O)NO)c(Nc2ccc(I)cc2Cl)c1. The number of ether oxygens (including phenoxy) is 1. The van der Waals surface area contributed by atoms with E-state index in [0.29, 0.717) is 37.0 Å². The van der Waals surface area contributed by atoms with Gasteiger partial charge in [-0.3, -0.25) is 10.0 Å². The number of rotatable bonds is 7. The molecule has 0 unspecified atom stereocenters. The Labute approximate surface area is 199 Å². The number of hydrazine groups is 1. The fourth-order valence-corrected chi connectivity index (χ4v) is 5.66. The molecule has 3 N–H and O–H groups in total. The Morgan fingerprint density at radius 3 is 2.55 bits per heavy atom. The number of halogens is 2. The van der Waals surface area contributed by atoms with Crippen LogP contribution >= 0.6 is 34.2 Å². The number of carbonyl (C=O) groups is 1. The minimum atomic E-state index is -3.90. The third-order valence-corrected chi connectivity index (χ3v) is 7.56. The van der Waals surface area contributed by atoms with E-state index in [1.54, 1.807) is 29.5 Å². The maximum Gasteiger partial charge on any atom is 0.276 e. The Morgan fingerprint density at radius 2 is 1.94 bits per heavy atom. The Bertz CT molecular complexity index is 1060. The third-order valence-electron chi connectivity index (χ3n) is 4.69. The van der Waals surface area contributed by atoms with Crippen LogP contribution in [0.2, 0.25) is 5.02 Å². The van der Waals surface area contributed by atoms with Crippen LogP contribution in [0.1, 0.15) is 17.3 Å². The lowest BCUT2D eigenvalue weighted by Gasteiger charge is -2.35. The first-order valence-electron chi connectivity index (χ1n) is 9.43. The number of sulfonamides is 1. The number of amides is 1. The van der Waals surface area contributed by atoms with Crippen LogP contribution in [0, 0.1) is 3.57 Å². The molecular weight excluding hydrogens is 559 g/mol. The zero-order valence-corrected chi connectivity index (χ0v) is 20.4. The van der Waals surface area contributed by atoms with Crippen molar-refractivity contribution in [1.29, 1.82) is 0 Å². The maximum absolute atomic E-state index is 13.4. The van der Waals surface area contributed by atoms with Crippen LogP contribution in [0.25, 0.3) is 0 Å². The molecule has 1 saturated heterocycles. The van der Waals surface area contributed by atoms with Gasteiger partial charge in [-0.05, 0) is 65.9 Å². The predicted octanol–water partition coefficient (Wildman–Crippen LogP) is 3.07. The summed E-state index contributed by atoms with van der Waals surface area (Å²) in [6.45, 7) is 3.81. The topological polar surface area (TPSA) is 111 Å². The molecule has 12 heteroatoms. The molecule has 2 aromatic rings. The second-order valence-electron chi connectivity index (χ2n) is 6.61. The average Bonchev–Trinajstić information content (AvgIpc) is 2.76. The number of hydroxylamine groups is 1. The van der Waals surface area contributed by atoms with Gasteiger partial charge in [0.2, 0.25) is 0 Å². The highest BCUT2D eigenvalue weighted by atomic mass is 127. The molecule has 168 valence electrons. The van der Waals surface area contributed by atoms with E-state index in [9.17, 15) is 13.2 Å². The van der Waals surface area contributed by atoms with Crippen LogP contribution in [-0.2, 0) is 14.8 Å². The molecule has 0 aliphatic carbocycles. The monoisotopic (exact) mass is 580 g/mol. The molecule has 1 fully saturated rings. The molecule has 9 nitrogen and oxygen atoms in total. The molecule has 3 rings (SSSR count). The summed E-state index contributed by atoms with van der Waals surface area (Å²) < 4.78 is 34.3. The predicted molar refractivity (Wildman–Crippen MR) is 125 cm³/mol. The quantitative estimate of drug-likeness (QED) is 0.262. The Kier molecular flexibility index (Phi) is 8.13. The maximum atomic E-state index is 13.4. The lowest BCUT2D eigenvalue weighted by molar-refractivity contribution is -0.0397. The smallest absolute Gasteiger partial charge is 0.276 e. The van der Waals surface area contributed by atoms with Crippen LogP contribution < -0.4 is 10.8 Å². The molecule has 0 bridgehead atoms. The number of anilines is 2. The lowest BCUT2D eigenvalue weighted by Crippen LogP contribution is -2.51. The van der Waals surface area contributed by atoms with E-state index < -0.39 is 15.9 Å². The van der Waals surface area contributed by atoms with E-state index >= 15 is 0 Å². The lowest BCUT2D eigenvalue weighted by atomic mass is 10.1. The average molecular weight is 581 g/mol. The fraction of sp³-hybridized carbons (Fsp3) is 0.316. The molecule has 1 amide bonds. The fourth-order valence-electron chi connectivity index (χ4n) is 3.20. The summed E-state index contributed by atoms with van der Waals surface area (Å²) in [7, 11) is -3.90. The highest BCUT2D eigenvalue weighted by Gasteiger charge is 2.30. The highest BCUT2D eigenvalue weighted by molar-refractivity contribution is 14.1. The van der Waals surface area contributed by atoms with E-state index in [-0.39, 0.29) is 22.7 Å². The number of hydrogen-bond acceptors (Lipinski definition) is 7. The van der Waals surface area contributed by atoms with E-state index in [0.717, 1.165) is 3.57 Å². The molecule has 0 atom stereocenters. The summed E-state index contributed by atoms with van der Waals surface area (Å²) in [5.41, 5.74) is 2.32. The van der Waals surface area contributed by atoms with Gasteiger partial charge in [-0.25, -0.2) is 18.9 Å². The third kappa shape index (κ3) is 5.48. The minimum absolute atomic E-state index is 0.000495. The zero-order valence-electron chi connectivity index (χ0n) is 16.6. The van der Waals surface area contributed by atoms with Crippen molar-refractivity contribution in [3.63, 3.8) is 0 Å². The second kappa shape index (κ2) is 10.4. The van der Waals surface area contributed by atoms with Gasteiger partial charge in [0.1, 0.15) is 0 Å². The van der Waals surface area contributed by atoms with Crippen LogP contribution in [0.5, 0.6) is 0 Å². The van der Waals surface area contributed by atoms with Crippen LogP contribution in [0.4, 0.5) is 11.4 Å². The van der Waals surface area contributed by atoms with E-state index in [2.05, 4.69) is 27.9 Å². The summed E-state index contributed by atoms with van der Waals surface area (Å²) in [5.74, 6) is -0.784. The zero-order chi connectivity index (χ0) is 22.6. The number of morpholine rings is 1. The van der Waals surface area contributed by atoms with Gasteiger partial charge in [0, 0.05) is 23.2 Å². The molecule has 2 aromatic carbocycles. The van der Waals surface area contributed by atoms with Crippen molar-refractivity contribution >= 4 is 61.5 Å². The van der Waals surface area contributed by atoms with Crippen LogP contribution in [-0.4, -0.2) is 61.8 Å². The van der Waals surface area contributed by atoms with Crippen LogP contribution in [0.15, 0.2) is 41.3 Å². The summed E-state index contributed by atoms with van der Waals surface area (Å²) in [4.78, 5) is 12.1. The van der Waals surface area contributed by atoms with Gasteiger partial charge < -0.3 is 10.1 Å². The van der Waals surface area contributed by atoms with Crippen molar-refractivity contribution in [3.8, 4) is 0 Å². The van der Waals surface area contributed by atoms with Gasteiger partial charge in [-0.2, -0.15) is 0 Å². The number of benzene rings is 2. The molecule has 1 heterocycles. The standard InChI is InChI=1S/C19H22ClIN4O5S/c1-2-25(24-7-9-30-10-8-24)31(28,29)14-4-5-15(19(26)23-27)18(12-14)22-17-6-3-13(21)11-16(17)20/h3-6,11-12,22,27H,2,7-10H2,1H3,(H,23,26). The molecule has 0 aromatic heterocycles. The largest absolute Gasteiger partial charge is 0.379 e. The second-order valence-corrected chi connectivity index (χ2v) is 10.1. The summed E-state index contributed by atoms with van der Waals surface area (Å²) >= 11 is 8.40. The van der Waals surface area contributed by atoms with E-state index in [4.69, 9.17) is 21.5 Å². The first-order valence-corrected chi connectivity index (χ1v) is 12.3. The molecule has 0 radical (unpaired) electrons. The number of hydrogen-bond donors (Lipinski definition) is 3. The normalized spacial score (nSPS) is 15.1. The van der Waals surface area contributed by atoms with Crippen molar-refractivity contribution < 1.29 is 23.2 Å². The summed E-state index contributed by atoms with van der Waals surface area (Å²) in [6, 6.07) is 9.31. The van der Waals surface area contributed by atoms with Crippen molar-refractivity contribution in [1.82, 2.24) is 14.9 Å². The molecule has 1 aliphatic rings. The van der Waals surface area contributed by atoms with Crippen molar-refractivity contribution in [2.45, 2.75) is 11.8 Å². The highest BCUT2D eigenvalue weighted by Crippen LogP contribution is 2.31. The summed E-state index contributed by atoms with van der Waals surface area (Å²) in [5, 5.41) is 14.2. The molecule has 0 saturated carbocycles. The first-order chi connectivity index (χ1) is 14.8. The first kappa shape index (κ1) is 24.2. The van der Waals surface area contributed by atoms with Gasteiger partial charge in [0.15, 0.2) is 0 Å². The number of nitrogens with zero attached hydrogens (tertiary/aromatic N) is 2.